The highest BCUT2D eigenvalue weighted by Crippen LogP contribution is 2.29. The second kappa shape index (κ2) is 10.4. The third-order valence-electron chi connectivity index (χ3n) is 4.78. The molecule has 8 heteroatoms. The van der Waals surface area contributed by atoms with Crippen molar-refractivity contribution in [2.24, 2.45) is 0 Å². The minimum atomic E-state index is -2.62. The van der Waals surface area contributed by atoms with Gasteiger partial charge in [0.25, 0.3) is 12.3 Å². The Labute approximate surface area is 184 Å². The molecule has 0 aliphatic rings. The maximum Gasteiger partial charge on any atom is 0.349 e. The molecule has 2 aromatic carbocycles. The van der Waals surface area contributed by atoms with Crippen LogP contribution in [0.3, 0.4) is 0 Å². The van der Waals surface area contributed by atoms with Crippen LogP contribution in [-0.4, -0.2) is 37.9 Å². The van der Waals surface area contributed by atoms with E-state index in [0.29, 0.717) is 29.5 Å². The number of nitrogens with one attached hydrogen (secondary N) is 1. The molecule has 0 spiro atoms. The van der Waals surface area contributed by atoms with Crippen LogP contribution in [0.1, 0.15) is 34.8 Å². The van der Waals surface area contributed by atoms with Crippen molar-refractivity contribution in [3.05, 3.63) is 69.6 Å². The number of anilines is 1. The Kier molecular flexibility index (Phi) is 7.58. The molecular formula is C24H26F2N2O4. The highest BCUT2D eigenvalue weighted by Gasteiger charge is 2.18. The van der Waals surface area contributed by atoms with E-state index < -0.39 is 24.6 Å². The summed E-state index contributed by atoms with van der Waals surface area (Å²) in [6.07, 6.45) is -1.45. The molecule has 1 heterocycles. The molecule has 32 heavy (non-hydrogen) atoms. The second-order valence-corrected chi connectivity index (χ2v) is 7.75. The summed E-state index contributed by atoms with van der Waals surface area (Å²) in [7, 11) is 3.93. The lowest BCUT2D eigenvalue weighted by atomic mass is 10.0. The van der Waals surface area contributed by atoms with Gasteiger partial charge in [-0.2, -0.15) is 0 Å². The van der Waals surface area contributed by atoms with E-state index in [4.69, 9.17) is 9.15 Å². The van der Waals surface area contributed by atoms with Crippen LogP contribution in [0.2, 0.25) is 0 Å². The number of carbonyl (C=O) groups excluding carboxylic acids is 1. The van der Waals surface area contributed by atoms with Gasteiger partial charge in [-0.1, -0.05) is 25.5 Å². The zero-order valence-corrected chi connectivity index (χ0v) is 18.3. The quantitative estimate of drug-likeness (QED) is 0.484. The van der Waals surface area contributed by atoms with Crippen LogP contribution in [0.25, 0.3) is 11.0 Å². The Morgan fingerprint density at radius 2 is 1.88 bits per heavy atom. The summed E-state index contributed by atoms with van der Waals surface area (Å²) in [6.45, 7) is 1.94. The van der Waals surface area contributed by atoms with Crippen LogP contribution in [0.4, 0.5) is 14.5 Å². The van der Waals surface area contributed by atoms with Crippen molar-refractivity contribution in [3.8, 4) is 5.75 Å². The molecule has 1 amide bonds. The normalized spacial score (nSPS) is 11.3. The smallest absolute Gasteiger partial charge is 0.349 e. The average molecular weight is 444 g/mol. The molecular weight excluding hydrogens is 418 g/mol. The molecule has 6 nitrogen and oxygen atoms in total. The van der Waals surface area contributed by atoms with Crippen molar-refractivity contribution < 1.29 is 22.7 Å². The number of hydrogen-bond donors (Lipinski definition) is 1. The maximum absolute atomic E-state index is 12.7. The fourth-order valence-electron chi connectivity index (χ4n) is 3.41. The van der Waals surface area contributed by atoms with Crippen molar-refractivity contribution in [2.45, 2.75) is 32.7 Å². The van der Waals surface area contributed by atoms with Gasteiger partial charge in [0, 0.05) is 23.2 Å². The molecule has 0 bridgehead atoms. The van der Waals surface area contributed by atoms with Crippen LogP contribution in [0.15, 0.2) is 51.7 Å². The molecule has 0 saturated heterocycles. The number of rotatable bonds is 9. The van der Waals surface area contributed by atoms with Crippen molar-refractivity contribution >= 4 is 22.6 Å². The fraction of sp³-hybridized carbons (Fsp3) is 0.333. The Bertz CT molecular complexity index is 1140. The zero-order chi connectivity index (χ0) is 23.3. The van der Waals surface area contributed by atoms with E-state index in [1.54, 1.807) is 24.3 Å². The Morgan fingerprint density at radius 1 is 1.16 bits per heavy atom. The number of ether oxygens (including phenoxy) is 1. The van der Waals surface area contributed by atoms with Crippen LogP contribution < -0.4 is 15.7 Å². The van der Waals surface area contributed by atoms with Crippen molar-refractivity contribution in [3.63, 3.8) is 0 Å². The molecule has 1 N–H and O–H groups in total. The molecule has 0 saturated carbocycles. The standard InChI is InChI=1S/C24H26F2N2O4/c1-4-5-18-20(31-14-21(25)26)11-8-16-12-19(24(30)32-22(16)18)23(29)27-17-9-6-15(7-10-17)13-28(2)3/h6-12,21H,4-5,13-14H2,1-3H3,(H,27,29). The lowest BCUT2D eigenvalue weighted by molar-refractivity contribution is 0.0814. The average Bonchev–Trinajstić information content (AvgIpc) is 2.74. The van der Waals surface area contributed by atoms with E-state index in [9.17, 15) is 18.4 Å². The van der Waals surface area contributed by atoms with Crippen LogP contribution in [0.5, 0.6) is 5.75 Å². The number of aryl methyl sites for hydroxylation is 1. The number of alkyl halides is 2. The third kappa shape index (κ3) is 5.70. The predicted molar refractivity (Wildman–Crippen MR) is 120 cm³/mol. The van der Waals surface area contributed by atoms with E-state index in [2.05, 4.69) is 5.32 Å². The number of nitrogens with zero attached hydrogens (tertiary/aromatic N) is 1. The Morgan fingerprint density at radius 3 is 2.50 bits per heavy atom. The highest BCUT2D eigenvalue weighted by atomic mass is 19.3. The van der Waals surface area contributed by atoms with Crippen LogP contribution in [-0.2, 0) is 13.0 Å². The third-order valence-corrected chi connectivity index (χ3v) is 4.78. The van der Waals surface area contributed by atoms with Gasteiger partial charge in [0.05, 0.1) is 0 Å². The molecule has 0 atom stereocenters. The SMILES string of the molecule is CCCc1c(OCC(F)F)ccc2cc(C(=O)Nc3ccc(CN(C)C)cc3)c(=O)oc12. The first-order chi connectivity index (χ1) is 15.3. The summed E-state index contributed by atoms with van der Waals surface area (Å²) >= 11 is 0. The van der Waals surface area contributed by atoms with Gasteiger partial charge >= 0.3 is 5.63 Å². The van der Waals surface area contributed by atoms with Gasteiger partial charge in [-0.05, 0) is 56.4 Å². The van der Waals surface area contributed by atoms with E-state index in [-0.39, 0.29) is 16.9 Å². The predicted octanol–water partition coefficient (Wildman–Crippen LogP) is 4.70. The monoisotopic (exact) mass is 444 g/mol. The number of carbonyl (C=O) groups is 1. The van der Waals surface area contributed by atoms with Gasteiger partial charge in [0.1, 0.15) is 23.5 Å². The van der Waals surface area contributed by atoms with E-state index in [0.717, 1.165) is 12.1 Å². The van der Waals surface area contributed by atoms with E-state index in [1.165, 1.54) is 6.07 Å². The minimum Gasteiger partial charge on any atom is -0.487 e. The van der Waals surface area contributed by atoms with Crippen molar-refractivity contribution in [2.75, 3.05) is 26.0 Å². The second-order valence-electron chi connectivity index (χ2n) is 7.75. The van der Waals surface area contributed by atoms with Crippen molar-refractivity contribution in [1.29, 1.82) is 0 Å². The number of amides is 1. The molecule has 0 aliphatic heterocycles. The summed E-state index contributed by atoms with van der Waals surface area (Å²) in [4.78, 5) is 27.3. The summed E-state index contributed by atoms with van der Waals surface area (Å²) in [5.74, 6) is -0.339. The summed E-state index contributed by atoms with van der Waals surface area (Å²) < 4.78 is 35.8. The Hall–Kier alpha value is -3.26. The lowest BCUT2D eigenvalue weighted by Gasteiger charge is -2.13. The summed E-state index contributed by atoms with van der Waals surface area (Å²) in [5.41, 5.74) is 1.48. The highest BCUT2D eigenvalue weighted by molar-refractivity contribution is 6.05. The number of benzene rings is 2. The van der Waals surface area contributed by atoms with Crippen molar-refractivity contribution in [1.82, 2.24) is 4.90 Å². The van der Waals surface area contributed by atoms with Gasteiger partial charge < -0.3 is 19.4 Å². The van der Waals surface area contributed by atoms with E-state index >= 15 is 0 Å². The minimum absolute atomic E-state index is 0.140. The van der Waals surface area contributed by atoms with Gasteiger partial charge in [0.15, 0.2) is 0 Å². The first kappa shape index (κ1) is 23.4. The molecule has 170 valence electrons. The number of halogens is 2. The largest absolute Gasteiger partial charge is 0.487 e. The summed E-state index contributed by atoms with van der Waals surface area (Å²) in [6, 6.07) is 11.9. The van der Waals surface area contributed by atoms with Crippen LogP contribution in [0, 0.1) is 0 Å². The number of fused-ring (bicyclic) bond motifs is 1. The van der Waals surface area contributed by atoms with Gasteiger partial charge in [-0.15, -0.1) is 0 Å². The molecule has 3 aromatic rings. The van der Waals surface area contributed by atoms with Crippen LogP contribution >= 0.6 is 0 Å². The lowest BCUT2D eigenvalue weighted by Crippen LogP contribution is -2.21. The Balaban J connectivity index is 1.89. The summed E-state index contributed by atoms with van der Waals surface area (Å²) in [5, 5.41) is 3.23. The topological polar surface area (TPSA) is 71.8 Å². The van der Waals surface area contributed by atoms with Gasteiger partial charge in [0.2, 0.25) is 0 Å². The molecule has 0 unspecified atom stereocenters. The maximum atomic E-state index is 12.7. The molecule has 3 rings (SSSR count). The first-order valence-corrected chi connectivity index (χ1v) is 10.3. The number of hydrogen-bond acceptors (Lipinski definition) is 5. The first-order valence-electron chi connectivity index (χ1n) is 10.3. The molecule has 1 aromatic heterocycles. The van der Waals surface area contributed by atoms with Gasteiger partial charge in [-0.25, -0.2) is 13.6 Å². The fourth-order valence-corrected chi connectivity index (χ4v) is 3.41. The molecule has 0 fully saturated rings. The molecule has 0 radical (unpaired) electrons. The van der Waals surface area contributed by atoms with E-state index in [1.807, 2.05) is 38.1 Å². The molecule has 0 aliphatic carbocycles. The van der Waals surface area contributed by atoms with Gasteiger partial charge in [-0.3, -0.25) is 4.79 Å². The zero-order valence-electron chi connectivity index (χ0n) is 18.3.